The maximum absolute atomic E-state index is 12.5. The molecule has 3 rings (SSSR count). The van der Waals surface area contributed by atoms with E-state index in [0.29, 0.717) is 17.1 Å². The van der Waals surface area contributed by atoms with Crippen molar-refractivity contribution in [2.75, 3.05) is 5.32 Å². The number of benzene rings is 3. The molecule has 0 atom stereocenters. The number of nitrogens with zero attached hydrogens (tertiary/aromatic N) is 3. The van der Waals surface area contributed by atoms with E-state index in [9.17, 15) is 14.9 Å². The maximum Gasteiger partial charge on any atom is 0.270 e. The average molecular weight is 374 g/mol. The molecule has 0 heterocycles. The molecule has 0 spiro atoms. The Hall–Kier alpha value is -3.87. The Kier molecular flexibility index (Phi) is 5.55. The van der Waals surface area contributed by atoms with E-state index in [2.05, 4.69) is 15.5 Å². The van der Waals surface area contributed by atoms with Crippen LogP contribution in [0.2, 0.25) is 0 Å². The Bertz CT molecular complexity index is 1060. The van der Waals surface area contributed by atoms with Crippen LogP contribution in [0.25, 0.3) is 0 Å². The Balaban J connectivity index is 1.86. The first-order chi connectivity index (χ1) is 13.4. The van der Waals surface area contributed by atoms with Gasteiger partial charge in [0.1, 0.15) is 5.69 Å². The van der Waals surface area contributed by atoms with E-state index >= 15 is 0 Å². The van der Waals surface area contributed by atoms with Gasteiger partial charge < -0.3 is 5.32 Å². The van der Waals surface area contributed by atoms with E-state index in [-0.39, 0.29) is 11.3 Å². The topological polar surface area (TPSA) is 97.0 Å². The first-order valence-electron chi connectivity index (χ1n) is 8.57. The van der Waals surface area contributed by atoms with Crippen LogP contribution in [0.15, 0.2) is 77.0 Å². The van der Waals surface area contributed by atoms with Crippen molar-refractivity contribution in [2.45, 2.75) is 13.8 Å². The number of nitro benzene ring substituents is 1. The number of anilines is 1. The zero-order valence-electron chi connectivity index (χ0n) is 15.4. The molecule has 0 aliphatic carbocycles. The number of carbonyl (C=O) groups is 1. The van der Waals surface area contributed by atoms with Crippen molar-refractivity contribution in [3.8, 4) is 0 Å². The summed E-state index contributed by atoms with van der Waals surface area (Å²) in [6.45, 7) is 3.90. The van der Waals surface area contributed by atoms with Crippen LogP contribution in [0.5, 0.6) is 0 Å². The minimum atomic E-state index is -0.538. The van der Waals surface area contributed by atoms with Crippen LogP contribution in [-0.4, -0.2) is 10.8 Å². The summed E-state index contributed by atoms with van der Waals surface area (Å²) in [6, 6.07) is 18.5. The van der Waals surface area contributed by atoms with Crippen molar-refractivity contribution in [2.24, 2.45) is 10.2 Å². The second-order valence-electron chi connectivity index (χ2n) is 6.32. The molecule has 0 unspecified atom stereocenters. The van der Waals surface area contributed by atoms with Crippen LogP contribution in [-0.2, 0) is 0 Å². The predicted octanol–water partition coefficient (Wildman–Crippen LogP) is 5.88. The number of aryl methyl sites for hydroxylation is 2. The molecule has 0 aliphatic heterocycles. The van der Waals surface area contributed by atoms with Crippen LogP contribution in [0.1, 0.15) is 21.5 Å². The number of nitro groups is 1. The van der Waals surface area contributed by atoms with Crippen LogP contribution in [0.3, 0.4) is 0 Å². The molecule has 3 aromatic carbocycles. The molecular weight excluding hydrogens is 356 g/mol. The number of carbonyl (C=O) groups excluding carboxylic acids is 1. The van der Waals surface area contributed by atoms with Gasteiger partial charge in [-0.05, 0) is 49.7 Å². The molecule has 1 amide bonds. The lowest BCUT2D eigenvalue weighted by Gasteiger charge is -2.08. The smallest absolute Gasteiger partial charge is 0.270 e. The first-order valence-corrected chi connectivity index (χ1v) is 8.57. The van der Waals surface area contributed by atoms with Gasteiger partial charge in [-0.3, -0.25) is 14.9 Å². The molecule has 0 radical (unpaired) electrons. The number of hydrogen-bond donors (Lipinski definition) is 1. The third kappa shape index (κ3) is 4.64. The zero-order valence-corrected chi connectivity index (χ0v) is 15.4. The average Bonchev–Trinajstić information content (AvgIpc) is 2.69. The van der Waals surface area contributed by atoms with Crippen LogP contribution in [0.4, 0.5) is 22.7 Å². The molecule has 0 saturated heterocycles. The van der Waals surface area contributed by atoms with Gasteiger partial charge in [-0.1, -0.05) is 29.8 Å². The van der Waals surface area contributed by atoms with Crippen LogP contribution < -0.4 is 5.32 Å². The summed E-state index contributed by atoms with van der Waals surface area (Å²) in [7, 11) is 0. The second kappa shape index (κ2) is 8.22. The lowest BCUT2D eigenvalue weighted by Crippen LogP contribution is -2.12. The summed E-state index contributed by atoms with van der Waals surface area (Å²) in [5, 5.41) is 22.1. The maximum atomic E-state index is 12.5. The Morgan fingerprint density at radius 2 is 1.64 bits per heavy atom. The molecule has 28 heavy (non-hydrogen) atoms. The normalized spacial score (nSPS) is 10.8. The van der Waals surface area contributed by atoms with E-state index < -0.39 is 10.8 Å². The highest BCUT2D eigenvalue weighted by Gasteiger charge is 2.13. The van der Waals surface area contributed by atoms with Gasteiger partial charge in [0.25, 0.3) is 11.6 Å². The highest BCUT2D eigenvalue weighted by atomic mass is 16.6. The van der Waals surface area contributed by atoms with Gasteiger partial charge in [-0.2, -0.15) is 5.11 Å². The SMILES string of the molecule is Cc1ccc(N=Nc2cc(C)ccc2NC(=O)c2cccc([N+](=O)[O-])c2)cc1. The van der Waals surface area contributed by atoms with Crippen molar-refractivity contribution in [3.63, 3.8) is 0 Å². The fraction of sp³-hybridized carbons (Fsp3) is 0.0952. The van der Waals surface area contributed by atoms with E-state index in [1.807, 2.05) is 44.2 Å². The number of rotatable bonds is 5. The van der Waals surface area contributed by atoms with E-state index in [1.165, 1.54) is 24.3 Å². The van der Waals surface area contributed by atoms with Gasteiger partial charge in [0, 0.05) is 17.7 Å². The third-order valence-corrected chi connectivity index (χ3v) is 4.03. The van der Waals surface area contributed by atoms with Gasteiger partial charge in [0.05, 0.1) is 16.3 Å². The van der Waals surface area contributed by atoms with E-state index in [1.54, 1.807) is 12.1 Å². The van der Waals surface area contributed by atoms with Crippen molar-refractivity contribution in [3.05, 3.63) is 93.5 Å². The Morgan fingerprint density at radius 1 is 0.929 bits per heavy atom. The quantitative estimate of drug-likeness (QED) is 0.343. The molecule has 140 valence electrons. The largest absolute Gasteiger partial charge is 0.320 e. The number of non-ortho nitro benzene ring substituents is 1. The van der Waals surface area contributed by atoms with Gasteiger partial charge >= 0.3 is 0 Å². The van der Waals surface area contributed by atoms with Crippen LogP contribution in [0, 0.1) is 24.0 Å². The zero-order chi connectivity index (χ0) is 20.1. The van der Waals surface area contributed by atoms with Crippen molar-refractivity contribution in [1.29, 1.82) is 0 Å². The fourth-order valence-corrected chi connectivity index (χ4v) is 2.51. The molecule has 0 aromatic heterocycles. The summed E-state index contributed by atoms with van der Waals surface area (Å²) in [6.07, 6.45) is 0. The number of amides is 1. The number of azo groups is 1. The van der Waals surface area contributed by atoms with Crippen molar-refractivity contribution in [1.82, 2.24) is 0 Å². The highest BCUT2D eigenvalue weighted by Crippen LogP contribution is 2.29. The van der Waals surface area contributed by atoms with E-state index in [0.717, 1.165) is 11.1 Å². The number of nitrogens with one attached hydrogen (secondary N) is 1. The lowest BCUT2D eigenvalue weighted by atomic mass is 10.1. The monoisotopic (exact) mass is 374 g/mol. The summed E-state index contributed by atoms with van der Waals surface area (Å²) < 4.78 is 0. The minimum absolute atomic E-state index is 0.143. The van der Waals surface area contributed by atoms with Gasteiger partial charge in [0.15, 0.2) is 0 Å². The van der Waals surface area contributed by atoms with Crippen LogP contribution >= 0.6 is 0 Å². The van der Waals surface area contributed by atoms with Gasteiger partial charge in [0.2, 0.25) is 0 Å². The molecule has 0 saturated carbocycles. The van der Waals surface area contributed by atoms with Gasteiger partial charge in [-0.25, -0.2) is 0 Å². The molecule has 1 N–H and O–H groups in total. The summed E-state index contributed by atoms with van der Waals surface area (Å²) in [4.78, 5) is 22.9. The summed E-state index contributed by atoms with van der Waals surface area (Å²) in [5.41, 5.74) is 3.80. The van der Waals surface area contributed by atoms with Gasteiger partial charge in [-0.15, -0.1) is 5.11 Å². The molecule has 0 bridgehead atoms. The molecule has 7 nitrogen and oxygen atoms in total. The standard InChI is InChI=1S/C21H18N4O3/c1-14-6-9-17(10-7-14)23-24-20-12-15(2)8-11-19(20)22-21(26)16-4-3-5-18(13-16)25(27)28/h3-13H,1-2H3,(H,22,26). The Morgan fingerprint density at radius 3 is 2.36 bits per heavy atom. The fourth-order valence-electron chi connectivity index (χ4n) is 2.51. The molecule has 0 aliphatic rings. The molecule has 3 aromatic rings. The molecule has 7 heteroatoms. The number of hydrogen-bond acceptors (Lipinski definition) is 5. The van der Waals surface area contributed by atoms with Crippen molar-refractivity contribution >= 4 is 28.7 Å². The van der Waals surface area contributed by atoms with E-state index in [4.69, 9.17) is 0 Å². The summed E-state index contributed by atoms with van der Waals surface area (Å²) >= 11 is 0. The highest BCUT2D eigenvalue weighted by molar-refractivity contribution is 6.06. The Labute approximate surface area is 161 Å². The molecular formula is C21H18N4O3. The summed E-state index contributed by atoms with van der Waals surface area (Å²) in [5.74, 6) is -0.459. The third-order valence-electron chi connectivity index (χ3n) is 4.03. The lowest BCUT2D eigenvalue weighted by molar-refractivity contribution is -0.384. The second-order valence-corrected chi connectivity index (χ2v) is 6.32. The minimum Gasteiger partial charge on any atom is -0.320 e. The predicted molar refractivity (Wildman–Crippen MR) is 108 cm³/mol. The molecule has 0 fully saturated rings. The van der Waals surface area contributed by atoms with Crippen molar-refractivity contribution < 1.29 is 9.72 Å². The first kappa shape index (κ1) is 18.9.